The van der Waals surface area contributed by atoms with Crippen molar-refractivity contribution in [1.29, 1.82) is 0 Å². The monoisotopic (exact) mass is 496 g/mol. The average molecular weight is 497 g/mol. The van der Waals surface area contributed by atoms with Crippen molar-refractivity contribution in [3.63, 3.8) is 0 Å². The fourth-order valence-electron chi connectivity index (χ4n) is 6.27. The molecule has 0 saturated carbocycles. The van der Waals surface area contributed by atoms with Crippen LogP contribution >= 0.6 is 11.8 Å². The third kappa shape index (κ3) is 3.56. The number of hydrogen-bond donors (Lipinski definition) is 1. The summed E-state index contributed by atoms with van der Waals surface area (Å²) < 4.78 is 3.93. The lowest BCUT2D eigenvalue weighted by Gasteiger charge is -2.40. The van der Waals surface area contributed by atoms with Gasteiger partial charge in [0.15, 0.2) is 0 Å². The molecule has 1 unspecified atom stereocenters. The van der Waals surface area contributed by atoms with Gasteiger partial charge >= 0.3 is 5.97 Å². The Hall–Kier alpha value is -2.58. The van der Waals surface area contributed by atoms with Gasteiger partial charge in [-0.2, -0.15) is 0 Å². The summed E-state index contributed by atoms with van der Waals surface area (Å²) in [7, 11) is 0. The van der Waals surface area contributed by atoms with Crippen LogP contribution in [0.3, 0.4) is 0 Å². The molecule has 1 aromatic carbocycles. The van der Waals surface area contributed by atoms with E-state index in [9.17, 15) is 19.5 Å². The summed E-state index contributed by atoms with van der Waals surface area (Å²) in [6.07, 6.45) is 8.59. The Morgan fingerprint density at radius 3 is 2.51 bits per heavy atom. The van der Waals surface area contributed by atoms with Gasteiger partial charge in [-0.3, -0.25) is 14.4 Å². The summed E-state index contributed by atoms with van der Waals surface area (Å²) in [6.45, 7) is 6.26. The van der Waals surface area contributed by atoms with E-state index in [1.807, 2.05) is 75.4 Å². The highest BCUT2D eigenvalue weighted by molar-refractivity contribution is 8.02. The van der Waals surface area contributed by atoms with E-state index in [-0.39, 0.29) is 31.1 Å². The van der Waals surface area contributed by atoms with Crippen molar-refractivity contribution in [2.45, 2.75) is 54.8 Å². The highest BCUT2D eigenvalue weighted by atomic mass is 32.2. The van der Waals surface area contributed by atoms with Gasteiger partial charge in [0, 0.05) is 17.3 Å². The van der Waals surface area contributed by atoms with E-state index in [4.69, 9.17) is 4.74 Å². The van der Waals surface area contributed by atoms with Crippen LogP contribution in [0.5, 0.6) is 0 Å². The number of rotatable bonds is 4. The second-order valence-corrected chi connectivity index (χ2v) is 12.0. The SMILES string of the molecule is CC(C)N1CC=C[C@]23S[C@]4(C)C=CCCOC(=O)[C@@H]4[C@H]2C(=O)N([C@H](CO)c2ccccc2)C3C1=O. The van der Waals surface area contributed by atoms with Gasteiger partial charge in [0.1, 0.15) is 6.04 Å². The molecule has 4 heterocycles. The van der Waals surface area contributed by atoms with Crippen LogP contribution in [0.2, 0.25) is 0 Å². The number of aliphatic hydroxyl groups is 1. The number of likely N-dealkylation sites (tertiary alicyclic amines) is 1. The summed E-state index contributed by atoms with van der Waals surface area (Å²) in [6, 6.07) is 7.68. The maximum atomic E-state index is 14.4. The maximum Gasteiger partial charge on any atom is 0.311 e. The van der Waals surface area contributed by atoms with Crippen molar-refractivity contribution < 1.29 is 24.2 Å². The number of amides is 2. The Morgan fingerprint density at radius 2 is 1.83 bits per heavy atom. The molecule has 35 heavy (non-hydrogen) atoms. The largest absolute Gasteiger partial charge is 0.465 e. The van der Waals surface area contributed by atoms with Gasteiger partial charge in [0.2, 0.25) is 11.8 Å². The first-order chi connectivity index (χ1) is 16.7. The van der Waals surface area contributed by atoms with Crippen LogP contribution in [0.25, 0.3) is 0 Å². The Labute approximate surface area is 210 Å². The second-order valence-electron chi connectivity index (χ2n) is 10.2. The summed E-state index contributed by atoms with van der Waals surface area (Å²) in [5.74, 6) is -2.34. The quantitative estimate of drug-likeness (QED) is 0.510. The van der Waals surface area contributed by atoms with E-state index in [1.54, 1.807) is 9.80 Å². The predicted octanol–water partition coefficient (Wildman–Crippen LogP) is 2.72. The van der Waals surface area contributed by atoms with Crippen LogP contribution < -0.4 is 0 Å². The van der Waals surface area contributed by atoms with E-state index in [1.165, 1.54) is 11.8 Å². The Morgan fingerprint density at radius 1 is 1.09 bits per heavy atom. The first-order valence-electron chi connectivity index (χ1n) is 12.3. The normalized spacial score (nSPS) is 35.2. The van der Waals surface area contributed by atoms with Gasteiger partial charge in [0.25, 0.3) is 0 Å². The van der Waals surface area contributed by atoms with Crippen molar-refractivity contribution in [2.75, 3.05) is 19.8 Å². The molecule has 0 aliphatic carbocycles. The molecule has 4 aliphatic rings. The van der Waals surface area contributed by atoms with Crippen molar-refractivity contribution in [1.82, 2.24) is 9.80 Å². The zero-order valence-electron chi connectivity index (χ0n) is 20.3. The number of cyclic esters (lactones) is 1. The molecule has 186 valence electrons. The zero-order chi connectivity index (χ0) is 25.0. The molecule has 7 nitrogen and oxygen atoms in total. The Kier molecular flexibility index (Phi) is 6.08. The molecule has 5 rings (SSSR count). The lowest BCUT2D eigenvalue weighted by Crippen LogP contribution is -2.55. The van der Waals surface area contributed by atoms with E-state index in [0.29, 0.717) is 13.0 Å². The van der Waals surface area contributed by atoms with E-state index >= 15 is 0 Å². The van der Waals surface area contributed by atoms with Crippen LogP contribution in [0, 0.1) is 11.8 Å². The Balaban J connectivity index is 1.71. The van der Waals surface area contributed by atoms with Crippen LogP contribution in [0.15, 0.2) is 54.6 Å². The van der Waals surface area contributed by atoms with Crippen LogP contribution in [-0.2, 0) is 19.1 Å². The molecule has 0 radical (unpaired) electrons. The highest BCUT2D eigenvalue weighted by Gasteiger charge is 2.74. The molecule has 0 aromatic heterocycles. The minimum atomic E-state index is -0.951. The molecule has 8 heteroatoms. The number of fused-ring (bicyclic) bond motifs is 2. The first kappa shape index (κ1) is 24.1. The number of nitrogens with zero attached hydrogens (tertiary/aromatic N) is 2. The van der Waals surface area contributed by atoms with Crippen LogP contribution in [-0.4, -0.2) is 74.0 Å². The molecular weight excluding hydrogens is 464 g/mol. The molecule has 1 aromatic rings. The fraction of sp³-hybridized carbons (Fsp3) is 0.519. The smallest absolute Gasteiger partial charge is 0.311 e. The number of carbonyl (C=O) groups is 3. The fourth-order valence-corrected chi connectivity index (χ4v) is 8.41. The third-order valence-electron chi connectivity index (χ3n) is 7.81. The van der Waals surface area contributed by atoms with Gasteiger partial charge < -0.3 is 19.6 Å². The minimum absolute atomic E-state index is 0.0665. The molecule has 4 aliphatic heterocycles. The summed E-state index contributed by atoms with van der Waals surface area (Å²) in [5, 5.41) is 10.5. The topological polar surface area (TPSA) is 87.2 Å². The molecule has 2 amide bonds. The molecule has 1 N–H and O–H groups in total. The van der Waals surface area contributed by atoms with Crippen molar-refractivity contribution in [3.8, 4) is 0 Å². The number of aliphatic hydroxyl groups excluding tert-OH is 1. The molecular formula is C27H32N2O5S. The summed E-state index contributed by atoms with van der Waals surface area (Å²) in [4.78, 5) is 45.3. The van der Waals surface area contributed by atoms with Crippen LogP contribution in [0.1, 0.15) is 38.8 Å². The van der Waals surface area contributed by atoms with E-state index in [2.05, 4.69) is 0 Å². The number of hydrogen-bond acceptors (Lipinski definition) is 6. The second kappa shape index (κ2) is 8.82. The highest BCUT2D eigenvalue weighted by Crippen LogP contribution is 2.66. The lowest BCUT2D eigenvalue weighted by atomic mass is 9.74. The molecule has 1 spiro atoms. The molecule has 0 bridgehead atoms. The molecule has 2 saturated heterocycles. The predicted molar refractivity (Wildman–Crippen MR) is 133 cm³/mol. The molecule has 6 atom stereocenters. The van der Waals surface area contributed by atoms with Gasteiger partial charge in [0.05, 0.1) is 35.8 Å². The number of ether oxygens (including phenoxy) is 1. The zero-order valence-corrected chi connectivity index (χ0v) is 21.1. The summed E-state index contributed by atoms with van der Waals surface area (Å²) in [5.41, 5.74) is 0.753. The van der Waals surface area contributed by atoms with Gasteiger partial charge in [-0.25, -0.2) is 0 Å². The van der Waals surface area contributed by atoms with Crippen LogP contribution in [0.4, 0.5) is 0 Å². The van der Waals surface area contributed by atoms with Crippen molar-refractivity contribution >= 4 is 29.5 Å². The van der Waals surface area contributed by atoms with Crippen molar-refractivity contribution in [3.05, 3.63) is 60.2 Å². The Bertz CT molecular complexity index is 1090. The number of carbonyl (C=O) groups excluding carboxylic acids is 3. The standard InChI is InChI=1S/C27H32N2O5S/c1-17(2)28-14-9-13-27-20(21-25(33)34-15-8-7-12-26(21,3)35-27)23(31)29(22(27)24(28)32)19(16-30)18-10-5-4-6-11-18/h4-7,9-13,17,19-22,30H,8,14-16H2,1-3H3/t19-,20+,21+,22?,26-,27+/m1/s1. The van der Waals surface area contributed by atoms with Gasteiger partial charge in [-0.1, -0.05) is 54.6 Å². The lowest BCUT2D eigenvalue weighted by molar-refractivity contribution is -0.155. The number of benzene rings is 1. The maximum absolute atomic E-state index is 14.4. The van der Waals surface area contributed by atoms with Gasteiger partial charge in [-0.05, 0) is 32.8 Å². The number of esters is 1. The minimum Gasteiger partial charge on any atom is -0.465 e. The average Bonchev–Trinajstić information content (AvgIpc) is 3.14. The third-order valence-corrected chi connectivity index (χ3v) is 9.60. The van der Waals surface area contributed by atoms with Gasteiger partial charge in [-0.15, -0.1) is 11.8 Å². The van der Waals surface area contributed by atoms with E-state index in [0.717, 1.165) is 5.56 Å². The van der Waals surface area contributed by atoms with Crippen molar-refractivity contribution in [2.24, 2.45) is 11.8 Å². The first-order valence-corrected chi connectivity index (χ1v) is 13.1. The number of thioether (sulfide) groups is 1. The van der Waals surface area contributed by atoms with E-state index < -0.39 is 39.4 Å². The summed E-state index contributed by atoms with van der Waals surface area (Å²) >= 11 is 1.52. The molecule has 2 fully saturated rings.